The van der Waals surface area contributed by atoms with Crippen molar-refractivity contribution >= 4 is 17.6 Å². The summed E-state index contributed by atoms with van der Waals surface area (Å²) < 4.78 is 10.6. The van der Waals surface area contributed by atoms with E-state index in [0.717, 1.165) is 13.1 Å². The van der Waals surface area contributed by atoms with Crippen molar-refractivity contribution in [3.63, 3.8) is 0 Å². The van der Waals surface area contributed by atoms with Crippen LogP contribution in [0.5, 0.6) is 0 Å². The van der Waals surface area contributed by atoms with Crippen molar-refractivity contribution in [3.05, 3.63) is 48.0 Å². The average molecular weight is 370 g/mol. The zero-order chi connectivity index (χ0) is 18.6. The molecule has 142 valence electrons. The van der Waals surface area contributed by atoms with E-state index in [2.05, 4.69) is 9.88 Å². The number of amides is 2. The number of pyridine rings is 1. The van der Waals surface area contributed by atoms with Gasteiger partial charge in [-0.3, -0.25) is 9.59 Å². The minimum absolute atomic E-state index is 0.0466. The molecule has 2 aliphatic rings. The summed E-state index contributed by atoms with van der Waals surface area (Å²) >= 11 is 0. The van der Waals surface area contributed by atoms with E-state index in [1.54, 1.807) is 34.2 Å². The normalized spacial score (nSPS) is 17.9. The van der Waals surface area contributed by atoms with E-state index in [1.807, 2.05) is 6.07 Å². The summed E-state index contributed by atoms with van der Waals surface area (Å²) in [6.07, 6.45) is 3.20. The van der Waals surface area contributed by atoms with Crippen molar-refractivity contribution in [2.24, 2.45) is 0 Å². The molecule has 4 rings (SSSR count). The maximum atomic E-state index is 13.1. The number of hydrogen-bond acceptors (Lipinski definition) is 6. The number of carbonyl (C=O) groups is 2. The Balaban J connectivity index is 1.43. The third-order valence-corrected chi connectivity index (χ3v) is 4.91. The van der Waals surface area contributed by atoms with Gasteiger partial charge in [0.05, 0.1) is 25.0 Å². The summed E-state index contributed by atoms with van der Waals surface area (Å²) in [5, 5.41) is 0. The number of hydrogen-bond donors (Lipinski definition) is 0. The van der Waals surface area contributed by atoms with E-state index >= 15 is 0 Å². The van der Waals surface area contributed by atoms with E-state index in [9.17, 15) is 9.59 Å². The summed E-state index contributed by atoms with van der Waals surface area (Å²) in [6, 6.07) is 6.96. The third kappa shape index (κ3) is 3.66. The number of piperazine rings is 1. The van der Waals surface area contributed by atoms with Crippen LogP contribution in [0.1, 0.15) is 20.9 Å². The number of morpholine rings is 1. The third-order valence-electron chi connectivity index (χ3n) is 4.91. The summed E-state index contributed by atoms with van der Waals surface area (Å²) in [6.45, 7) is 4.67. The molecular formula is C19H22N4O4. The highest BCUT2D eigenvalue weighted by Crippen LogP contribution is 2.21. The lowest BCUT2D eigenvalue weighted by Gasteiger charge is -2.35. The molecular weight excluding hydrogens is 348 g/mol. The molecule has 0 N–H and O–H groups in total. The number of ether oxygens (including phenoxy) is 1. The number of furan rings is 1. The highest BCUT2D eigenvalue weighted by atomic mass is 16.5. The fraction of sp³-hybridized carbons (Fsp3) is 0.421. The summed E-state index contributed by atoms with van der Waals surface area (Å²) in [5.74, 6) is 0.855. The molecule has 2 fully saturated rings. The highest BCUT2D eigenvalue weighted by Gasteiger charge is 2.29. The second-order valence-corrected chi connectivity index (χ2v) is 6.54. The topological polar surface area (TPSA) is 79.1 Å². The van der Waals surface area contributed by atoms with Crippen LogP contribution in [0, 0.1) is 0 Å². The van der Waals surface area contributed by atoms with Crippen molar-refractivity contribution in [1.29, 1.82) is 0 Å². The van der Waals surface area contributed by atoms with Crippen LogP contribution in [0.25, 0.3) is 0 Å². The number of aromatic nitrogens is 1. The summed E-state index contributed by atoms with van der Waals surface area (Å²) in [7, 11) is 0. The van der Waals surface area contributed by atoms with E-state index in [1.165, 1.54) is 6.26 Å². The zero-order valence-corrected chi connectivity index (χ0v) is 15.0. The first kappa shape index (κ1) is 17.5. The van der Waals surface area contributed by atoms with Crippen LogP contribution < -0.4 is 4.90 Å². The molecule has 2 aromatic heterocycles. The van der Waals surface area contributed by atoms with Gasteiger partial charge in [-0.05, 0) is 24.3 Å². The fourth-order valence-corrected chi connectivity index (χ4v) is 3.43. The molecule has 27 heavy (non-hydrogen) atoms. The Morgan fingerprint density at radius 3 is 2.26 bits per heavy atom. The monoisotopic (exact) mass is 370 g/mol. The van der Waals surface area contributed by atoms with Crippen LogP contribution in [0.2, 0.25) is 0 Å². The first-order valence-electron chi connectivity index (χ1n) is 9.14. The smallest absolute Gasteiger partial charge is 0.289 e. The molecule has 0 atom stereocenters. The Morgan fingerprint density at radius 2 is 1.59 bits per heavy atom. The lowest BCUT2D eigenvalue weighted by Crippen LogP contribution is -2.51. The minimum Gasteiger partial charge on any atom is -0.459 e. The predicted molar refractivity (Wildman–Crippen MR) is 97.8 cm³/mol. The summed E-state index contributed by atoms with van der Waals surface area (Å²) in [5.41, 5.74) is 0.602. The van der Waals surface area contributed by atoms with Gasteiger partial charge in [0.1, 0.15) is 5.82 Å². The van der Waals surface area contributed by atoms with Crippen LogP contribution in [0.4, 0.5) is 5.82 Å². The van der Waals surface area contributed by atoms with E-state index in [4.69, 9.17) is 9.15 Å². The molecule has 2 saturated heterocycles. The standard InChI is InChI=1S/C19H22N4O4/c24-18(15-3-1-5-20-17(15)21-10-13-26-14-11-21)22-6-8-23(9-7-22)19(25)16-4-2-12-27-16/h1-5,12H,6-11,13-14H2. The lowest BCUT2D eigenvalue weighted by molar-refractivity contribution is 0.0518. The molecule has 2 aromatic rings. The van der Waals surface area contributed by atoms with Gasteiger partial charge in [0.15, 0.2) is 5.76 Å². The van der Waals surface area contributed by atoms with Crippen molar-refractivity contribution in [2.45, 2.75) is 0 Å². The Morgan fingerprint density at radius 1 is 0.889 bits per heavy atom. The molecule has 0 bridgehead atoms. The molecule has 8 nitrogen and oxygen atoms in total. The van der Waals surface area contributed by atoms with Crippen LogP contribution in [0.15, 0.2) is 41.1 Å². The van der Waals surface area contributed by atoms with Crippen LogP contribution >= 0.6 is 0 Å². The lowest BCUT2D eigenvalue weighted by atomic mass is 10.1. The fourth-order valence-electron chi connectivity index (χ4n) is 3.43. The molecule has 2 amide bonds. The second-order valence-electron chi connectivity index (χ2n) is 6.54. The zero-order valence-electron chi connectivity index (χ0n) is 15.0. The van der Waals surface area contributed by atoms with Gasteiger partial charge in [-0.1, -0.05) is 0 Å². The number of anilines is 1. The molecule has 4 heterocycles. The minimum atomic E-state index is -0.137. The second kappa shape index (κ2) is 7.79. The van der Waals surface area contributed by atoms with Gasteiger partial charge in [-0.25, -0.2) is 4.98 Å². The maximum absolute atomic E-state index is 13.1. The SMILES string of the molecule is O=C(c1ccco1)N1CCN(C(=O)c2cccnc2N2CCOCC2)CC1. The average Bonchev–Trinajstić information content (AvgIpc) is 3.28. The van der Waals surface area contributed by atoms with Gasteiger partial charge < -0.3 is 23.9 Å². The number of rotatable bonds is 3. The van der Waals surface area contributed by atoms with Crippen molar-refractivity contribution in [2.75, 3.05) is 57.4 Å². The van der Waals surface area contributed by atoms with E-state index in [0.29, 0.717) is 56.5 Å². The van der Waals surface area contributed by atoms with Crippen LogP contribution in [-0.2, 0) is 4.74 Å². The Labute approximate surface area is 157 Å². The van der Waals surface area contributed by atoms with Crippen LogP contribution in [0.3, 0.4) is 0 Å². The first-order chi connectivity index (χ1) is 13.2. The molecule has 0 aromatic carbocycles. The maximum Gasteiger partial charge on any atom is 0.289 e. The number of carbonyl (C=O) groups excluding carboxylic acids is 2. The quantitative estimate of drug-likeness (QED) is 0.805. The highest BCUT2D eigenvalue weighted by molar-refractivity contribution is 5.99. The van der Waals surface area contributed by atoms with Crippen molar-refractivity contribution in [1.82, 2.24) is 14.8 Å². The predicted octanol–water partition coefficient (Wildman–Crippen LogP) is 1.11. The van der Waals surface area contributed by atoms with Crippen LogP contribution in [-0.4, -0.2) is 79.1 Å². The largest absolute Gasteiger partial charge is 0.459 e. The van der Waals surface area contributed by atoms with Gasteiger partial charge in [0.2, 0.25) is 0 Å². The van der Waals surface area contributed by atoms with Gasteiger partial charge >= 0.3 is 0 Å². The van der Waals surface area contributed by atoms with Gasteiger partial charge in [0.25, 0.3) is 11.8 Å². The molecule has 0 unspecified atom stereocenters. The Hall–Kier alpha value is -2.87. The van der Waals surface area contributed by atoms with E-state index < -0.39 is 0 Å². The molecule has 0 saturated carbocycles. The molecule has 0 aliphatic carbocycles. The summed E-state index contributed by atoms with van der Waals surface area (Å²) in [4.78, 5) is 35.5. The molecule has 0 spiro atoms. The van der Waals surface area contributed by atoms with Gasteiger partial charge in [0, 0.05) is 45.5 Å². The molecule has 2 aliphatic heterocycles. The van der Waals surface area contributed by atoms with E-state index in [-0.39, 0.29) is 11.8 Å². The number of nitrogens with zero attached hydrogens (tertiary/aromatic N) is 4. The Kier molecular flexibility index (Phi) is 5.06. The van der Waals surface area contributed by atoms with Crippen molar-refractivity contribution in [3.8, 4) is 0 Å². The van der Waals surface area contributed by atoms with Gasteiger partial charge in [-0.15, -0.1) is 0 Å². The Bertz CT molecular complexity index is 794. The molecule has 0 radical (unpaired) electrons. The van der Waals surface area contributed by atoms with Crippen molar-refractivity contribution < 1.29 is 18.7 Å². The first-order valence-corrected chi connectivity index (χ1v) is 9.14. The molecule has 8 heteroatoms. The van der Waals surface area contributed by atoms with Gasteiger partial charge in [-0.2, -0.15) is 0 Å².